The van der Waals surface area contributed by atoms with E-state index in [9.17, 15) is 0 Å². The second-order valence-electron chi connectivity index (χ2n) is 2.27. The van der Waals surface area contributed by atoms with Crippen molar-refractivity contribution in [1.82, 2.24) is 4.98 Å². The molecule has 0 aliphatic carbocycles. The predicted molar refractivity (Wildman–Crippen MR) is 53.7 cm³/mol. The predicted octanol–water partition coefficient (Wildman–Crippen LogP) is 2.86. The molecule has 0 N–H and O–H groups in total. The van der Waals surface area contributed by atoms with Crippen molar-refractivity contribution in [2.75, 3.05) is 5.88 Å². The third kappa shape index (κ3) is 2.73. The molecule has 0 bridgehead atoms. The maximum absolute atomic E-state index is 8.60. The summed E-state index contributed by atoms with van der Waals surface area (Å²) in [6.07, 6.45) is 4.91. The van der Waals surface area contributed by atoms with Crippen molar-refractivity contribution < 1.29 is 0 Å². The molecule has 1 rings (SSSR count). The molecule has 0 amide bonds. The third-order valence-corrected chi connectivity index (χ3v) is 1.88. The molecule has 1 aromatic heterocycles. The van der Waals surface area contributed by atoms with E-state index < -0.39 is 0 Å². The van der Waals surface area contributed by atoms with E-state index in [-0.39, 0.29) is 0 Å². The summed E-state index contributed by atoms with van der Waals surface area (Å²) in [6, 6.07) is 3.65. The standard InChI is InChI=1S/C9H6Cl2N2/c10-3-1-2-8-4-7(5-12)6-13-9(8)11/h1-2,4,6H,3H2. The van der Waals surface area contributed by atoms with Gasteiger partial charge in [0.15, 0.2) is 0 Å². The van der Waals surface area contributed by atoms with Crippen LogP contribution in [0.2, 0.25) is 5.15 Å². The number of hydrogen-bond acceptors (Lipinski definition) is 2. The van der Waals surface area contributed by atoms with E-state index in [1.165, 1.54) is 6.20 Å². The lowest BCUT2D eigenvalue weighted by Crippen LogP contribution is -1.84. The lowest BCUT2D eigenvalue weighted by atomic mass is 10.2. The number of aromatic nitrogens is 1. The van der Waals surface area contributed by atoms with Crippen molar-refractivity contribution in [3.05, 3.63) is 34.6 Å². The molecule has 66 valence electrons. The molecule has 1 aromatic rings. The Morgan fingerprint density at radius 3 is 3.00 bits per heavy atom. The van der Waals surface area contributed by atoms with Crippen LogP contribution < -0.4 is 0 Å². The summed E-state index contributed by atoms with van der Waals surface area (Å²) in [5.41, 5.74) is 1.19. The SMILES string of the molecule is N#Cc1cnc(Cl)c(C=CCCl)c1. The van der Waals surface area contributed by atoms with Crippen LogP contribution in [0.15, 0.2) is 18.3 Å². The van der Waals surface area contributed by atoms with Crippen LogP contribution in [0.4, 0.5) is 0 Å². The Morgan fingerprint density at radius 1 is 1.62 bits per heavy atom. The van der Waals surface area contributed by atoms with Crippen molar-refractivity contribution in [2.45, 2.75) is 0 Å². The largest absolute Gasteiger partial charge is 0.243 e. The van der Waals surface area contributed by atoms with E-state index >= 15 is 0 Å². The number of nitriles is 1. The lowest BCUT2D eigenvalue weighted by molar-refractivity contribution is 1.29. The van der Waals surface area contributed by atoms with Gasteiger partial charge in [0.1, 0.15) is 11.2 Å². The Hall–Kier alpha value is -1.04. The Kier molecular flexibility index (Phi) is 3.75. The number of rotatable bonds is 2. The fourth-order valence-corrected chi connectivity index (χ4v) is 1.07. The van der Waals surface area contributed by atoms with E-state index in [0.717, 1.165) is 0 Å². The molecule has 13 heavy (non-hydrogen) atoms. The fraction of sp³-hybridized carbons (Fsp3) is 0.111. The van der Waals surface area contributed by atoms with Crippen LogP contribution in [-0.2, 0) is 0 Å². The van der Waals surface area contributed by atoms with Crippen LogP contribution in [0.3, 0.4) is 0 Å². The molecular weight excluding hydrogens is 207 g/mol. The molecule has 0 aliphatic heterocycles. The highest BCUT2D eigenvalue weighted by molar-refractivity contribution is 6.30. The summed E-state index contributed by atoms with van der Waals surface area (Å²) in [7, 11) is 0. The smallest absolute Gasteiger partial charge is 0.136 e. The molecule has 4 heteroatoms. The number of pyridine rings is 1. The van der Waals surface area contributed by atoms with Gasteiger partial charge in [-0.3, -0.25) is 0 Å². The molecule has 0 saturated carbocycles. The second-order valence-corrected chi connectivity index (χ2v) is 2.94. The van der Waals surface area contributed by atoms with Gasteiger partial charge < -0.3 is 0 Å². The number of halogens is 2. The second kappa shape index (κ2) is 4.86. The van der Waals surface area contributed by atoms with Gasteiger partial charge in [-0.1, -0.05) is 23.8 Å². The Balaban J connectivity index is 3.06. The van der Waals surface area contributed by atoms with Crippen LogP contribution >= 0.6 is 23.2 Å². The van der Waals surface area contributed by atoms with Gasteiger partial charge in [-0.25, -0.2) is 4.98 Å². The zero-order valence-corrected chi connectivity index (χ0v) is 8.18. The van der Waals surface area contributed by atoms with Crippen molar-refractivity contribution in [1.29, 1.82) is 5.26 Å². The summed E-state index contributed by atoms with van der Waals surface area (Å²) in [4.78, 5) is 3.85. The minimum absolute atomic E-state index is 0.375. The van der Waals surface area contributed by atoms with Crippen LogP contribution in [0.1, 0.15) is 11.1 Å². The van der Waals surface area contributed by atoms with E-state index in [1.807, 2.05) is 6.07 Å². The minimum atomic E-state index is 0.375. The van der Waals surface area contributed by atoms with Gasteiger partial charge in [0.05, 0.1) is 5.56 Å². The van der Waals surface area contributed by atoms with Crippen molar-refractivity contribution in [2.24, 2.45) is 0 Å². The quantitative estimate of drug-likeness (QED) is 0.559. The average Bonchev–Trinajstić information content (AvgIpc) is 2.17. The van der Waals surface area contributed by atoms with E-state index in [4.69, 9.17) is 28.5 Å². The molecule has 0 radical (unpaired) electrons. The number of allylic oxidation sites excluding steroid dienone is 1. The molecule has 0 fully saturated rings. The first-order valence-corrected chi connectivity index (χ1v) is 4.47. The van der Waals surface area contributed by atoms with E-state index in [2.05, 4.69) is 4.98 Å². The van der Waals surface area contributed by atoms with Crippen LogP contribution in [0, 0.1) is 11.3 Å². The first-order chi connectivity index (χ1) is 6.27. The van der Waals surface area contributed by atoms with Gasteiger partial charge in [0, 0.05) is 17.6 Å². The molecule has 0 saturated heterocycles. The van der Waals surface area contributed by atoms with Gasteiger partial charge in [-0.2, -0.15) is 5.26 Å². The van der Waals surface area contributed by atoms with Gasteiger partial charge in [-0.15, -0.1) is 11.6 Å². The maximum Gasteiger partial charge on any atom is 0.136 e. The van der Waals surface area contributed by atoms with Gasteiger partial charge in [0.25, 0.3) is 0 Å². The van der Waals surface area contributed by atoms with Gasteiger partial charge >= 0.3 is 0 Å². The number of nitrogens with zero attached hydrogens (tertiary/aromatic N) is 2. The van der Waals surface area contributed by atoms with Crippen LogP contribution in [-0.4, -0.2) is 10.9 Å². The molecular formula is C9H6Cl2N2. The normalized spacial score (nSPS) is 10.2. The molecule has 1 heterocycles. The van der Waals surface area contributed by atoms with Crippen molar-refractivity contribution in [3.63, 3.8) is 0 Å². The molecule has 0 atom stereocenters. The lowest BCUT2D eigenvalue weighted by Gasteiger charge is -1.96. The zero-order valence-electron chi connectivity index (χ0n) is 6.67. The summed E-state index contributed by atoms with van der Waals surface area (Å²) < 4.78 is 0. The maximum atomic E-state index is 8.60. The Morgan fingerprint density at radius 2 is 2.38 bits per heavy atom. The molecule has 0 aromatic carbocycles. The zero-order chi connectivity index (χ0) is 9.68. The highest BCUT2D eigenvalue weighted by atomic mass is 35.5. The molecule has 2 nitrogen and oxygen atoms in total. The van der Waals surface area contributed by atoms with E-state index in [1.54, 1.807) is 18.2 Å². The monoisotopic (exact) mass is 212 g/mol. The Bertz CT molecular complexity index is 366. The number of hydrogen-bond donors (Lipinski definition) is 0. The third-order valence-electron chi connectivity index (χ3n) is 1.38. The fourth-order valence-electron chi connectivity index (χ4n) is 0.815. The van der Waals surface area contributed by atoms with Gasteiger partial charge in [-0.05, 0) is 6.07 Å². The van der Waals surface area contributed by atoms with Crippen molar-refractivity contribution >= 4 is 29.3 Å². The van der Waals surface area contributed by atoms with Gasteiger partial charge in [0.2, 0.25) is 0 Å². The molecule has 0 spiro atoms. The summed E-state index contributed by atoms with van der Waals surface area (Å²) in [5.74, 6) is 0.410. The topological polar surface area (TPSA) is 36.7 Å². The Labute approximate surface area is 86.4 Å². The average molecular weight is 213 g/mol. The summed E-state index contributed by atoms with van der Waals surface area (Å²) in [5, 5.41) is 8.97. The first-order valence-electron chi connectivity index (χ1n) is 3.56. The van der Waals surface area contributed by atoms with E-state index in [0.29, 0.717) is 22.2 Å². The van der Waals surface area contributed by atoms with Crippen LogP contribution in [0.5, 0.6) is 0 Å². The molecule has 0 unspecified atom stereocenters. The summed E-state index contributed by atoms with van der Waals surface area (Å²) in [6.45, 7) is 0. The van der Waals surface area contributed by atoms with Crippen LogP contribution in [0.25, 0.3) is 6.08 Å². The highest BCUT2D eigenvalue weighted by Crippen LogP contribution is 2.15. The molecule has 0 aliphatic rings. The number of alkyl halides is 1. The first kappa shape index (κ1) is 10.0. The highest BCUT2D eigenvalue weighted by Gasteiger charge is 1.99. The summed E-state index contributed by atoms with van der Waals surface area (Å²) >= 11 is 11.2. The van der Waals surface area contributed by atoms with Crippen molar-refractivity contribution in [3.8, 4) is 6.07 Å². The minimum Gasteiger partial charge on any atom is -0.243 e.